The smallest absolute Gasteiger partial charge is 0.220 e. The van der Waals surface area contributed by atoms with Gasteiger partial charge in [0.15, 0.2) is 11.6 Å². The van der Waals surface area contributed by atoms with Crippen LogP contribution in [0.2, 0.25) is 0 Å². The van der Waals surface area contributed by atoms with Crippen molar-refractivity contribution in [1.29, 1.82) is 0 Å². The molecule has 0 amide bonds. The predicted octanol–water partition coefficient (Wildman–Crippen LogP) is 4.46. The van der Waals surface area contributed by atoms with E-state index in [1.54, 1.807) is 35.3 Å². The van der Waals surface area contributed by atoms with Crippen molar-refractivity contribution in [2.45, 2.75) is 24.5 Å². The standard InChI is InChI=1S/C25H22F3N5O2S/c26-20-7-5-18(6-8-20)23-14-24(33(31-23)25-29-10-2-11-30-25)19-3-1-12-32(15-19)36(34,35)16-17-4-9-21(27)22(28)13-17/h2,4-11,13-14,19H,1,3,12,15-16H2. The second-order valence-corrected chi connectivity index (χ2v) is 10.6. The maximum atomic E-state index is 13.6. The summed E-state index contributed by atoms with van der Waals surface area (Å²) in [5.74, 6) is -2.79. The molecule has 3 heterocycles. The van der Waals surface area contributed by atoms with E-state index < -0.39 is 27.4 Å². The van der Waals surface area contributed by atoms with E-state index in [1.807, 2.05) is 6.07 Å². The van der Waals surface area contributed by atoms with Crippen molar-refractivity contribution in [2.75, 3.05) is 13.1 Å². The van der Waals surface area contributed by atoms with Crippen LogP contribution in [0.4, 0.5) is 13.2 Å². The van der Waals surface area contributed by atoms with Gasteiger partial charge < -0.3 is 0 Å². The molecule has 0 bridgehead atoms. The van der Waals surface area contributed by atoms with Crippen LogP contribution in [-0.2, 0) is 15.8 Å². The summed E-state index contributed by atoms with van der Waals surface area (Å²) < 4.78 is 69.7. The highest BCUT2D eigenvalue weighted by Crippen LogP contribution is 2.33. The number of aromatic nitrogens is 4. The molecular weight excluding hydrogens is 491 g/mol. The number of piperidine rings is 1. The molecule has 1 aliphatic heterocycles. The van der Waals surface area contributed by atoms with E-state index in [-0.39, 0.29) is 23.8 Å². The third kappa shape index (κ3) is 5.02. The number of nitrogens with zero attached hydrogens (tertiary/aromatic N) is 5. The lowest BCUT2D eigenvalue weighted by Crippen LogP contribution is -2.40. The molecule has 2 aromatic carbocycles. The molecule has 0 spiro atoms. The molecule has 7 nitrogen and oxygen atoms in total. The summed E-state index contributed by atoms with van der Waals surface area (Å²) in [5, 5.41) is 4.65. The van der Waals surface area contributed by atoms with Crippen molar-refractivity contribution in [3.8, 4) is 17.2 Å². The highest BCUT2D eigenvalue weighted by atomic mass is 32.2. The summed E-state index contributed by atoms with van der Waals surface area (Å²) in [6.45, 7) is 0.511. The van der Waals surface area contributed by atoms with E-state index in [4.69, 9.17) is 0 Å². The van der Waals surface area contributed by atoms with Gasteiger partial charge in [-0.15, -0.1) is 0 Å². The average Bonchev–Trinajstić information content (AvgIpc) is 3.33. The van der Waals surface area contributed by atoms with Gasteiger partial charge >= 0.3 is 0 Å². The lowest BCUT2D eigenvalue weighted by atomic mass is 9.95. The molecule has 1 aliphatic rings. The number of rotatable bonds is 6. The number of halogens is 3. The number of hydrogen-bond donors (Lipinski definition) is 0. The van der Waals surface area contributed by atoms with Gasteiger partial charge in [0, 0.05) is 37.0 Å². The highest BCUT2D eigenvalue weighted by Gasteiger charge is 2.32. The van der Waals surface area contributed by atoms with Crippen LogP contribution in [0.1, 0.15) is 30.0 Å². The Morgan fingerprint density at radius 1 is 0.944 bits per heavy atom. The van der Waals surface area contributed by atoms with Crippen LogP contribution in [0.25, 0.3) is 17.2 Å². The fourth-order valence-electron chi connectivity index (χ4n) is 4.38. The molecule has 0 N–H and O–H groups in total. The normalized spacial score (nSPS) is 16.8. The van der Waals surface area contributed by atoms with Crippen molar-refractivity contribution in [3.05, 3.63) is 95.7 Å². The van der Waals surface area contributed by atoms with Gasteiger partial charge in [-0.3, -0.25) is 0 Å². The molecule has 1 fully saturated rings. The van der Waals surface area contributed by atoms with E-state index in [1.165, 1.54) is 22.5 Å². The third-order valence-electron chi connectivity index (χ3n) is 6.15. The van der Waals surface area contributed by atoms with E-state index in [9.17, 15) is 21.6 Å². The van der Waals surface area contributed by atoms with Gasteiger partial charge in [0.1, 0.15) is 5.82 Å². The first kappa shape index (κ1) is 24.1. The molecule has 2 aromatic heterocycles. The molecule has 1 unspecified atom stereocenters. The minimum atomic E-state index is -3.79. The zero-order valence-electron chi connectivity index (χ0n) is 19.1. The Balaban J connectivity index is 1.46. The first-order valence-corrected chi connectivity index (χ1v) is 13.0. The Kier molecular flexibility index (Phi) is 6.59. The van der Waals surface area contributed by atoms with E-state index in [0.717, 1.165) is 17.8 Å². The van der Waals surface area contributed by atoms with E-state index in [2.05, 4.69) is 15.1 Å². The molecule has 1 atom stereocenters. The Morgan fingerprint density at radius 3 is 2.42 bits per heavy atom. The van der Waals surface area contributed by atoms with Crippen LogP contribution >= 0.6 is 0 Å². The molecule has 1 saturated heterocycles. The molecule has 186 valence electrons. The van der Waals surface area contributed by atoms with Crippen molar-refractivity contribution in [1.82, 2.24) is 24.1 Å². The fraction of sp³-hybridized carbons (Fsp3) is 0.240. The van der Waals surface area contributed by atoms with Crippen LogP contribution < -0.4 is 0 Å². The third-order valence-corrected chi connectivity index (χ3v) is 7.96. The molecule has 0 saturated carbocycles. The molecule has 5 rings (SSSR count). The Hall–Kier alpha value is -3.57. The fourth-order valence-corrected chi connectivity index (χ4v) is 5.97. The van der Waals surface area contributed by atoms with Crippen LogP contribution in [0.3, 0.4) is 0 Å². The first-order valence-electron chi connectivity index (χ1n) is 11.4. The summed E-state index contributed by atoms with van der Waals surface area (Å²) in [6, 6.07) is 12.6. The van der Waals surface area contributed by atoms with Crippen LogP contribution in [0.15, 0.2) is 67.0 Å². The SMILES string of the molecule is O=S(=O)(Cc1ccc(F)c(F)c1)N1CCCC(c2cc(-c3ccc(F)cc3)nn2-c2ncccn2)C1. The predicted molar refractivity (Wildman–Crippen MR) is 127 cm³/mol. The quantitative estimate of drug-likeness (QED) is 0.381. The second-order valence-electron chi connectivity index (χ2n) is 8.62. The Bertz CT molecular complexity index is 1480. The lowest BCUT2D eigenvalue weighted by Gasteiger charge is -2.32. The van der Waals surface area contributed by atoms with Gasteiger partial charge in [-0.1, -0.05) is 6.07 Å². The average molecular weight is 514 g/mol. The minimum absolute atomic E-state index is 0.178. The van der Waals surface area contributed by atoms with Crippen molar-refractivity contribution in [2.24, 2.45) is 0 Å². The van der Waals surface area contributed by atoms with Crippen LogP contribution in [0.5, 0.6) is 0 Å². The maximum absolute atomic E-state index is 13.6. The summed E-state index contributed by atoms with van der Waals surface area (Å²) in [5.41, 5.74) is 2.19. The van der Waals surface area contributed by atoms with Crippen LogP contribution in [0, 0.1) is 17.5 Å². The minimum Gasteiger partial charge on any atom is -0.220 e. The van der Waals surface area contributed by atoms with Gasteiger partial charge in [-0.2, -0.15) is 5.10 Å². The van der Waals surface area contributed by atoms with Crippen molar-refractivity contribution >= 4 is 10.0 Å². The Labute approximate surface area is 206 Å². The maximum Gasteiger partial charge on any atom is 0.250 e. The van der Waals surface area contributed by atoms with E-state index in [0.29, 0.717) is 36.6 Å². The largest absolute Gasteiger partial charge is 0.250 e. The van der Waals surface area contributed by atoms with Gasteiger partial charge in [-0.25, -0.2) is 40.5 Å². The van der Waals surface area contributed by atoms with Gasteiger partial charge in [0.25, 0.3) is 5.95 Å². The molecule has 0 aliphatic carbocycles. The molecule has 11 heteroatoms. The Morgan fingerprint density at radius 2 is 1.69 bits per heavy atom. The highest BCUT2D eigenvalue weighted by molar-refractivity contribution is 7.88. The summed E-state index contributed by atoms with van der Waals surface area (Å²) >= 11 is 0. The molecule has 0 radical (unpaired) electrons. The van der Waals surface area contributed by atoms with Gasteiger partial charge in [0.2, 0.25) is 10.0 Å². The number of benzene rings is 2. The van der Waals surface area contributed by atoms with Crippen molar-refractivity contribution in [3.63, 3.8) is 0 Å². The number of sulfonamides is 1. The van der Waals surface area contributed by atoms with Crippen LogP contribution in [-0.4, -0.2) is 45.6 Å². The summed E-state index contributed by atoms with van der Waals surface area (Å²) in [7, 11) is -3.79. The molecular formula is C25H22F3N5O2S. The lowest BCUT2D eigenvalue weighted by molar-refractivity contribution is 0.309. The van der Waals surface area contributed by atoms with Gasteiger partial charge in [0.05, 0.1) is 17.1 Å². The van der Waals surface area contributed by atoms with E-state index >= 15 is 0 Å². The topological polar surface area (TPSA) is 81.0 Å². The van der Waals surface area contributed by atoms with Gasteiger partial charge in [-0.05, 0) is 66.9 Å². The van der Waals surface area contributed by atoms with Crippen molar-refractivity contribution < 1.29 is 21.6 Å². The zero-order chi connectivity index (χ0) is 25.3. The summed E-state index contributed by atoms with van der Waals surface area (Å²) in [6.07, 6.45) is 4.49. The first-order chi connectivity index (χ1) is 17.3. The zero-order valence-corrected chi connectivity index (χ0v) is 19.9. The molecule has 4 aromatic rings. The number of hydrogen-bond acceptors (Lipinski definition) is 5. The molecule has 36 heavy (non-hydrogen) atoms. The summed E-state index contributed by atoms with van der Waals surface area (Å²) in [4.78, 5) is 8.59. The monoisotopic (exact) mass is 513 g/mol. The second kappa shape index (κ2) is 9.82.